The quantitative estimate of drug-likeness (QED) is 0.843. The highest BCUT2D eigenvalue weighted by Gasteiger charge is 2.20. The molecule has 0 aromatic heterocycles. The first-order chi connectivity index (χ1) is 10.5. The van der Waals surface area contributed by atoms with Gasteiger partial charge in [0.1, 0.15) is 17.2 Å². The zero-order valence-electron chi connectivity index (χ0n) is 12.3. The van der Waals surface area contributed by atoms with Gasteiger partial charge in [0.15, 0.2) is 0 Å². The molecule has 0 bridgehead atoms. The van der Waals surface area contributed by atoms with Crippen LogP contribution in [0.4, 0.5) is 14.5 Å². The van der Waals surface area contributed by atoms with Gasteiger partial charge in [-0.3, -0.25) is 4.79 Å². The summed E-state index contributed by atoms with van der Waals surface area (Å²) in [7, 11) is 0. The van der Waals surface area contributed by atoms with Crippen molar-refractivity contribution in [2.75, 3.05) is 5.32 Å². The molecule has 0 radical (unpaired) electrons. The molecule has 1 amide bonds. The Morgan fingerprint density at radius 3 is 2.27 bits per heavy atom. The third-order valence-corrected chi connectivity index (χ3v) is 3.86. The molecule has 0 saturated heterocycles. The van der Waals surface area contributed by atoms with Crippen molar-refractivity contribution < 1.29 is 13.6 Å². The second-order valence-corrected chi connectivity index (χ2v) is 5.23. The number of hydrogen-bond donors (Lipinski definition) is 1. The van der Waals surface area contributed by atoms with E-state index in [0.717, 1.165) is 23.3 Å². The maximum atomic E-state index is 13.7. The van der Waals surface area contributed by atoms with E-state index in [1.807, 2.05) is 13.8 Å². The molecule has 2 aromatic carbocycles. The fourth-order valence-corrected chi connectivity index (χ4v) is 2.65. The number of aryl methyl sites for hydroxylation is 1. The van der Waals surface area contributed by atoms with Crippen LogP contribution >= 0.6 is 11.6 Å². The van der Waals surface area contributed by atoms with Crippen molar-refractivity contribution in [1.82, 2.24) is 0 Å². The smallest absolute Gasteiger partial charge is 0.261 e. The molecule has 0 fully saturated rings. The van der Waals surface area contributed by atoms with Crippen LogP contribution in [-0.2, 0) is 12.8 Å². The number of hydrogen-bond acceptors (Lipinski definition) is 1. The standard InChI is InChI=1S/C17H16ClF2NO/c1-3-10-8-9-12(18)11(4-2)16(10)21-17(22)15-13(19)6-5-7-14(15)20/h5-9H,3-4H2,1-2H3,(H,21,22). The fourth-order valence-electron chi connectivity index (χ4n) is 2.36. The first kappa shape index (κ1) is 16.4. The summed E-state index contributed by atoms with van der Waals surface area (Å²) in [5.74, 6) is -2.60. The molecule has 0 saturated carbocycles. The Bertz CT molecular complexity index is 696. The molecule has 0 atom stereocenters. The number of benzene rings is 2. The van der Waals surface area contributed by atoms with E-state index in [9.17, 15) is 13.6 Å². The summed E-state index contributed by atoms with van der Waals surface area (Å²) in [6.07, 6.45) is 1.27. The number of anilines is 1. The van der Waals surface area contributed by atoms with Crippen molar-refractivity contribution >= 4 is 23.2 Å². The fraction of sp³-hybridized carbons (Fsp3) is 0.235. The minimum absolute atomic E-state index is 0.518. The highest BCUT2D eigenvalue weighted by molar-refractivity contribution is 6.32. The molecule has 116 valence electrons. The molecule has 2 aromatic rings. The van der Waals surface area contributed by atoms with Crippen molar-refractivity contribution in [3.63, 3.8) is 0 Å². The molecular formula is C17H16ClF2NO. The molecule has 0 aliphatic carbocycles. The zero-order valence-corrected chi connectivity index (χ0v) is 13.1. The van der Waals surface area contributed by atoms with Crippen molar-refractivity contribution in [3.05, 3.63) is 63.7 Å². The monoisotopic (exact) mass is 323 g/mol. The summed E-state index contributed by atoms with van der Waals surface area (Å²) >= 11 is 6.15. The van der Waals surface area contributed by atoms with Crippen LogP contribution in [0.1, 0.15) is 35.3 Å². The predicted molar refractivity (Wildman–Crippen MR) is 84.5 cm³/mol. The maximum Gasteiger partial charge on any atom is 0.261 e. The second kappa shape index (κ2) is 6.88. The van der Waals surface area contributed by atoms with Crippen molar-refractivity contribution in [2.45, 2.75) is 26.7 Å². The van der Waals surface area contributed by atoms with E-state index in [0.29, 0.717) is 23.6 Å². The van der Waals surface area contributed by atoms with E-state index in [1.54, 1.807) is 12.1 Å². The first-order valence-electron chi connectivity index (χ1n) is 7.05. The molecule has 22 heavy (non-hydrogen) atoms. The number of carbonyl (C=O) groups excluding carboxylic acids is 1. The van der Waals surface area contributed by atoms with Crippen LogP contribution in [0, 0.1) is 11.6 Å². The normalized spacial score (nSPS) is 10.6. The van der Waals surface area contributed by atoms with Crippen molar-refractivity contribution in [3.8, 4) is 0 Å². The van der Waals surface area contributed by atoms with Crippen LogP contribution in [0.15, 0.2) is 30.3 Å². The van der Waals surface area contributed by atoms with Gasteiger partial charge < -0.3 is 5.32 Å². The largest absolute Gasteiger partial charge is 0.321 e. The van der Waals surface area contributed by atoms with E-state index in [4.69, 9.17) is 11.6 Å². The van der Waals surface area contributed by atoms with Gasteiger partial charge in [-0.2, -0.15) is 0 Å². The lowest BCUT2D eigenvalue weighted by atomic mass is 10.0. The molecule has 0 heterocycles. The Morgan fingerprint density at radius 1 is 1.09 bits per heavy atom. The van der Waals surface area contributed by atoms with Crippen LogP contribution in [0.25, 0.3) is 0 Å². The van der Waals surface area contributed by atoms with Gasteiger partial charge in [0.2, 0.25) is 0 Å². The van der Waals surface area contributed by atoms with Gasteiger partial charge in [-0.15, -0.1) is 0 Å². The van der Waals surface area contributed by atoms with E-state index >= 15 is 0 Å². The molecule has 0 spiro atoms. The lowest BCUT2D eigenvalue weighted by Gasteiger charge is -2.16. The third-order valence-electron chi connectivity index (χ3n) is 3.50. The summed E-state index contributed by atoms with van der Waals surface area (Å²) in [5, 5.41) is 3.13. The summed E-state index contributed by atoms with van der Waals surface area (Å²) in [5.41, 5.74) is 1.56. The van der Waals surface area contributed by atoms with E-state index in [1.165, 1.54) is 6.07 Å². The number of amides is 1. The van der Waals surface area contributed by atoms with Gasteiger partial charge in [0, 0.05) is 10.7 Å². The second-order valence-electron chi connectivity index (χ2n) is 4.82. The van der Waals surface area contributed by atoms with Crippen LogP contribution in [0.3, 0.4) is 0 Å². The van der Waals surface area contributed by atoms with Gasteiger partial charge in [-0.05, 0) is 42.2 Å². The third kappa shape index (κ3) is 3.12. The molecule has 0 unspecified atom stereocenters. The number of rotatable bonds is 4. The summed E-state index contributed by atoms with van der Waals surface area (Å²) in [6.45, 7) is 3.84. The number of halogens is 3. The molecule has 0 aliphatic heterocycles. The Balaban J connectivity index is 2.46. The average Bonchev–Trinajstić information content (AvgIpc) is 2.47. The molecule has 1 N–H and O–H groups in total. The maximum absolute atomic E-state index is 13.7. The van der Waals surface area contributed by atoms with Crippen molar-refractivity contribution in [1.29, 1.82) is 0 Å². The van der Waals surface area contributed by atoms with Crippen LogP contribution in [-0.4, -0.2) is 5.91 Å². The first-order valence-corrected chi connectivity index (χ1v) is 7.43. The highest BCUT2D eigenvalue weighted by Crippen LogP contribution is 2.30. The van der Waals surface area contributed by atoms with Gasteiger partial charge in [0.25, 0.3) is 5.91 Å². The van der Waals surface area contributed by atoms with Gasteiger partial charge in [-0.1, -0.05) is 37.6 Å². The average molecular weight is 324 g/mol. The Hall–Kier alpha value is -1.94. The van der Waals surface area contributed by atoms with E-state index in [-0.39, 0.29) is 0 Å². The van der Waals surface area contributed by atoms with Crippen molar-refractivity contribution in [2.24, 2.45) is 0 Å². The molecule has 0 aliphatic rings. The summed E-state index contributed by atoms with van der Waals surface area (Å²) in [6, 6.07) is 6.89. The Labute approximate surface area is 133 Å². The molecule has 2 nitrogen and oxygen atoms in total. The Kier molecular flexibility index (Phi) is 5.14. The Morgan fingerprint density at radius 2 is 1.73 bits per heavy atom. The zero-order chi connectivity index (χ0) is 16.3. The van der Waals surface area contributed by atoms with Crippen LogP contribution in [0.5, 0.6) is 0 Å². The highest BCUT2D eigenvalue weighted by atomic mass is 35.5. The van der Waals surface area contributed by atoms with Gasteiger partial charge in [0.05, 0.1) is 0 Å². The van der Waals surface area contributed by atoms with Gasteiger partial charge in [-0.25, -0.2) is 8.78 Å². The predicted octanol–water partition coefficient (Wildman–Crippen LogP) is 5.00. The summed E-state index contributed by atoms with van der Waals surface area (Å²) in [4.78, 5) is 12.3. The van der Waals surface area contributed by atoms with E-state index < -0.39 is 23.1 Å². The van der Waals surface area contributed by atoms with Gasteiger partial charge >= 0.3 is 0 Å². The number of nitrogens with one attached hydrogen (secondary N) is 1. The number of carbonyl (C=O) groups is 1. The van der Waals surface area contributed by atoms with Crippen LogP contribution < -0.4 is 5.32 Å². The summed E-state index contributed by atoms with van der Waals surface area (Å²) < 4.78 is 27.4. The minimum Gasteiger partial charge on any atom is -0.321 e. The van der Waals surface area contributed by atoms with Crippen LogP contribution in [0.2, 0.25) is 5.02 Å². The van der Waals surface area contributed by atoms with E-state index in [2.05, 4.69) is 5.32 Å². The lowest BCUT2D eigenvalue weighted by molar-refractivity contribution is 0.101. The topological polar surface area (TPSA) is 29.1 Å². The minimum atomic E-state index is -0.893. The lowest BCUT2D eigenvalue weighted by Crippen LogP contribution is -2.18. The molecular weight excluding hydrogens is 308 g/mol. The molecule has 5 heteroatoms. The molecule has 2 rings (SSSR count). The SMILES string of the molecule is CCc1ccc(Cl)c(CC)c1NC(=O)c1c(F)cccc1F.